The Morgan fingerprint density at radius 1 is 0.957 bits per heavy atom. The van der Waals surface area contributed by atoms with Crippen molar-refractivity contribution in [3.63, 3.8) is 0 Å². The van der Waals surface area contributed by atoms with Crippen LogP contribution < -0.4 is 21.9 Å². The highest BCUT2D eigenvalue weighted by Crippen LogP contribution is 2.43. The maximum absolute atomic E-state index is 13.3. The summed E-state index contributed by atoms with van der Waals surface area (Å²) in [5.41, 5.74) is 7.69. The topological polar surface area (TPSA) is 161 Å². The van der Waals surface area contributed by atoms with Crippen LogP contribution >= 0.6 is 0 Å². The molecule has 2 heterocycles. The third-order valence-corrected chi connectivity index (χ3v) is 10.1. The van der Waals surface area contributed by atoms with Gasteiger partial charge in [0.15, 0.2) is 0 Å². The summed E-state index contributed by atoms with van der Waals surface area (Å²) in [6.45, 7) is 3.02. The van der Waals surface area contributed by atoms with Gasteiger partial charge >= 0.3 is 0 Å². The number of aromatic amines is 1. The minimum Gasteiger partial charge on any atom is -0.506 e. The maximum Gasteiger partial charge on any atom is 0.248 e. The number of fused-ring (bicyclic) bond motifs is 1. The Labute approximate surface area is 274 Å². The van der Waals surface area contributed by atoms with Crippen molar-refractivity contribution in [2.24, 2.45) is 17.6 Å². The van der Waals surface area contributed by atoms with Gasteiger partial charge in [0.2, 0.25) is 17.4 Å². The minimum atomic E-state index is -0.936. The molecule has 6 rings (SSSR count). The molecular weight excluding hydrogens is 594 g/mol. The van der Waals surface area contributed by atoms with Crippen molar-refractivity contribution in [3.8, 4) is 5.75 Å². The molecule has 0 unspecified atom stereocenters. The summed E-state index contributed by atoms with van der Waals surface area (Å²) in [7, 11) is 0. The van der Waals surface area contributed by atoms with Gasteiger partial charge in [-0.1, -0.05) is 66.7 Å². The van der Waals surface area contributed by atoms with Gasteiger partial charge in [-0.15, -0.1) is 0 Å². The first-order valence-corrected chi connectivity index (χ1v) is 16.4. The van der Waals surface area contributed by atoms with Crippen LogP contribution in [0.3, 0.4) is 0 Å². The average molecular weight is 638 g/mol. The third-order valence-electron chi connectivity index (χ3n) is 10.1. The minimum absolute atomic E-state index is 0.000582. The van der Waals surface area contributed by atoms with Crippen LogP contribution in [0.25, 0.3) is 10.9 Å². The zero-order valence-corrected chi connectivity index (χ0v) is 26.4. The predicted octanol–water partition coefficient (Wildman–Crippen LogP) is 2.94. The number of aromatic nitrogens is 1. The van der Waals surface area contributed by atoms with E-state index in [-0.39, 0.29) is 47.5 Å². The molecule has 246 valence electrons. The number of carbonyl (C=O) groups excluding carboxylic acids is 2. The number of pyridine rings is 1. The molecule has 10 nitrogen and oxygen atoms in total. The average Bonchev–Trinajstić information content (AvgIpc) is 3.76. The second-order valence-corrected chi connectivity index (χ2v) is 12.9. The van der Waals surface area contributed by atoms with Gasteiger partial charge in [-0.2, -0.15) is 0 Å². The fourth-order valence-corrected chi connectivity index (χ4v) is 7.74. The molecule has 1 aliphatic heterocycles. The first kappa shape index (κ1) is 32.4. The SMILES string of the molecule is NC(=O)C(c1ccccc1)(c1ccccc1)[C@@H]1CCN(CCNC(=O)[C@@H]2CC[C@H](NC[C@H](O)c3ccc(O)c4[nH]c(=O)ccc34)C2)C1. The second-order valence-electron chi connectivity index (χ2n) is 12.9. The summed E-state index contributed by atoms with van der Waals surface area (Å²) in [6.07, 6.45) is 2.25. The number of primary amides is 1. The van der Waals surface area contributed by atoms with Crippen molar-refractivity contribution in [1.29, 1.82) is 0 Å². The lowest BCUT2D eigenvalue weighted by Gasteiger charge is -2.37. The molecule has 3 aromatic carbocycles. The van der Waals surface area contributed by atoms with Crippen LogP contribution in [-0.2, 0) is 15.0 Å². The van der Waals surface area contributed by atoms with E-state index in [0.29, 0.717) is 42.5 Å². The number of phenolic OH excluding ortho intramolecular Hbond substituents is 1. The number of nitrogens with zero attached hydrogens (tertiary/aromatic N) is 1. The van der Waals surface area contributed by atoms with Crippen LogP contribution in [0.2, 0.25) is 0 Å². The molecule has 4 atom stereocenters. The van der Waals surface area contributed by atoms with Crippen molar-refractivity contribution in [1.82, 2.24) is 20.5 Å². The molecule has 4 aromatic rings. The standard InChI is InChI=1S/C37H43N5O5/c38-36(47)37(25-7-3-1-4-8-25,26-9-5-2-6-10-26)27-17-19-42(23-27)20-18-39-35(46)24-11-12-28(21-24)40-22-32(44)29-13-15-31(43)34-30(29)14-16-33(45)41-34/h1-10,13-16,24,27-28,32,40,43-44H,11-12,17-23H2,(H2,38,47)(H,39,46)(H,41,45)/t24-,27-,28+,32+/m1/s1. The Hall–Kier alpha value is -4.51. The number of amides is 2. The van der Waals surface area contributed by atoms with Crippen molar-refractivity contribution < 1.29 is 19.8 Å². The lowest BCUT2D eigenvalue weighted by atomic mass is 9.64. The Morgan fingerprint density at radius 2 is 1.66 bits per heavy atom. The Kier molecular flexibility index (Phi) is 9.72. The number of rotatable bonds is 12. The summed E-state index contributed by atoms with van der Waals surface area (Å²) in [4.78, 5) is 43.1. The van der Waals surface area contributed by atoms with Gasteiger partial charge in [0.25, 0.3) is 0 Å². The number of aliphatic hydroxyl groups is 1. The summed E-state index contributed by atoms with van der Waals surface area (Å²) in [5.74, 6) is -0.457. The zero-order chi connectivity index (χ0) is 33.0. The lowest BCUT2D eigenvalue weighted by molar-refractivity contribution is -0.125. The van der Waals surface area contributed by atoms with Gasteiger partial charge in [0, 0.05) is 49.6 Å². The van der Waals surface area contributed by atoms with Crippen LogP contribution in [-0.4, -0.2) is 70.7 Å². The van der Waals surface area contributed by atoms with Gasteiger partial charge in [-0.25, -0.2) is 0 Å². The van der Waals surface area contributed by atoms with E-state index >= 15 is 0 Å². The molecular formula is C37H43N5O5. The largest absolute Gasteiger partial charge is 0.506 e. The molecule has 2 fully saturated rings. The lowest BCUT2D eigenvalue weighted by Crippen LogP contribution is -2.49. The summed E-state index contributed by atoms with van der Waals surface area (Å²) in [6, 6.07) is 25.8. The van der Waals surface area contributed by atoms with E-state index < -0.39 is 11.5 Å². The third kappa shape index (κ3) is 6.67. The van der Waals surface area contributed by atoms with Gasteiger partial charge in [-0.3, -0.25) is 14.4 Å². The molecule has 1 saturated heterocycles. The molecule has 7 N–H and O–H groups in total. The van der Waals surface area contributed by atoms with Crippen LogP contribution in [0, 0.1) is 11.8 Å². The van der Waals surface area contributed by atoms with Gasteiger partial charge in [0.1, 0.15) is 11.2 Å². The molecule has 0 bridgehead atoms. The molecule has 2 amide bonds. The second kappa shape index (κ2) is 14.1. The number of aliphatic hydroxyl groups excluding tert-OH is 1. The number of benzene rings is 3. The normalized spacial score (nSPS) is 20.7. The number of phenols is 1. The quantitative estimate of drug-likeness (QED) is 0.139. The first-order valence-electron chi connectivity index (χ1n) is 16.4. The summed E-state index contributed by atoms with van der Waals surface area (Å²) >= 11 is 0. The highest BCUT2D eigenvalue weighted by molar-refractivity contribution is 5.91. The van der Waals surface area contributed by atoms with Crippen LogP contribution in [0.15, 0.2) is 89.7 Å². The number of hydrogen-bond acceptors (Lipinski definition) is 7. The van der Waals surface area contributed by atoms with E-state index in [1.165, 1.54) is 12.1 Å². The van der Waals surface area contributed by atoms with E-state index in [9.17, 15) is 24.6 Å². The van der Waals surface area contributed by atoms with Gasteiger partial charge in [-0.05, 0) is 67.0 Å². The van der Waals surface area contributed by atoms with Crippen molar-refractivity contribution in [3.05, 3.63) is 112 Å². The Balaban J connectivity index is 0.999. The number of carbonyl (C=O) groups is 2. The number of nitrogens with one attached hydrogen (secondary N) is 3. The molecule has 1 saturated carbocycles. The van der Waals surface area contributed by atoms with Crippen molar-refractivity contribution in [2.45, 2.75) is 43.2 Å². The van der Waals surface area contributed by atoms with Crippen LogP contribution in [0.5, 0.6) is 5.75 Å². The number of likely N-dealkylation sites (tertiary alicyclic amines) is 1. The predicted molar refractivity (Wildman–Crippen MR) is 181 cm³/mol. The fraction of sp³-hybridized carbons (Fsp3) is 0.378. The molecule has 1 aliphatic carbocycles. The van der Waals surface area contributed by atoms with Crippen LogP contribution in [0.1, 0.15) is 48.5 Å². The van der Waals surface area contributed by atoms with E-state index in [1.54, 1.807) is 12.1 Å². The van der Waals surface area contributed by atoms with E-state index in [2.05, 4.69) is 20.5 Å². The molecule has 0 radical (unpaired) electrons. The molecule has 0 spiro atoms. The number of H-pyrrole nitrogens is 1. The zero-order valence-electron chi connectivity index (χ0n) is 26.4. The number of aromatic hydroxyl groups is 1. The van der Waals surface area contributed by atoms with Gasteiger partial charge in [0.05, 0.1) is 11.6 Å². The fourth-order valence-electron chi connectivity index (χ4n) is 7.74. The van der Waals surface area contributed by atoms with Crippen molar-refractivity contribution in [2.75, 3.05) is 32.7 Å². The summed E-state index contributed by atoms with van der Waals surface area (Å²) < 4.78 is 0. The Bertz CT molecular complexity index is 1720. The smallest absolute Gasteiger partial charge is 0.248 e. The van der Waals surface area contributed by atoms with E-state index in [0.717, 1.165) is 36.9 Å². The molecule has 47 heavy (non-hydrogen) atoms. The Morgan fingerprint density at radius 3 is 2.34 bits per heavy atom. The van der Waals surface area contributed by atoms with E-state index in [1.807, 2.05) is 60.7 Å². The van der Waals surface area contributed by atoms with Crippen molar-refractivity contribution >= 4 is 22.7 Å². The summed E-state index contributed by atoms with van der Waals surface area (Å²) in [5, 5.41) is 28.2. The highest BCUT2D eigenvalue weighted by Gasteiger charge is 2.49. The number of hydrogen-bond donors (Lipinski definition) is 6. The molecule has 10 heteroatoms. The van der Waals surface area contributed by atoms with E-state index in [4.69, 9.17) is 5.73 Å². The highest BCUT2D eigenvalue weighted by atomic mass is 16.3. The van der Waals surface area contributed by atoms with Crippen LogP contribution in [0.4, 0.5) is 0 Å². The first-order chi connectivity index (χ1) is 22.8. The molecule has 2 aliphatic rings. The maximum atomic E-state index is 13.3. The number of nitrogens with two attached hydrogens (primary N) is 1. The monoisotopic (exact) mass is 637 g/mol. The molecule has 1 aromatic heterocycles. The van der Waals surface area contributed by atoms with Gasteiger partial charge < -0.3 is 36.5 Å².